The highest BCUT2D eigenvalue weighted by Crippen LogP contribution is 2.37. The van der Waals surface area contributed by atoms with Crippen molar-refractivity contribution in [2.24, 2.45) is 10.7 Å². The Morgan fingerprint density at radius 1 is 1.35 bits per heavy atom. The molecule has 1 atom stereocenters. The van der Waals surface area contributed by atoms with Crippen LogP contribution in [0.3, 0.4) is 0 Å². The standard InChI is InChI=1S/C17H27N3O2S/c1-4-21-13-7-8-15(22-5-2)14(11-13)20-16(18)19-12-17(3)9-6-10-23-17/h7-8,11H,4-6,9-10,12H2,1-3H3,(H3,18,19,20). The Morgan fingerprint density at radius 2 is 2.13 bits per heavy atom. The quantitative estimate of drug-likeness (QED) is 0.589. The summed E-state index contributed by atoms with van der Waals surface area (Å²) in [5, 5.41) is 3.15. The molecule has 2 rings (SSSR count). The van der Waals surface area contributed by atoms with Gasteiger partial charge in [0.2, 0.25) is 0 Å². The van der Waals surface area contributed by atoms with Crippen molar-refractivity contribution in [3.63, 3.8) is 0 Å². The second-order valence-corrected chi connectivity index (χ2v) is 7.43. The molecule has 1 aliphatic heterocycles. The molecule has 3 N–H and O–H groups in total. The highest BCUT2D eigenvalue weighted by atomic mass is 32.2. The molecule has 1 aromatic carbocycles. The molecule has 1 heterocycles. The van der Waals surface area contributed by atoms with Crippen molar-refractivity contribution >= 4 is 23.4 Å². The molecule has 0 bridgehead atoms. The minimum atomic E-state index is 0.211. The summed E-state index contributed by atoms with van der Waals surface area (Å²) in [6.45, 7) is 8.10. The maximum absolute atomic E-state index is 6.07. The van der Waals surface area contributed by atoms with Crippen molar-refractivity contribution < 1.29 is 9.47 Å². The summed E-state index contributed by atoms with van der Waals surface area (Å²) in [6, 6.07) is 5.67. The minimum absolute atomic E-state index is 0.211. The van der Waals surface area contributed by atoms with Crippen LogP contribution >= 0.6 is 11.8 Å². The normalized spacial score (nSPS) is 21.3. The third-order valence-electron chi connectivity index (χ3n) is 3.71. The van der Waals surface area contributed by atoms with Crippen molar-refractivity contribution in [2.75, 3.05) is 30.8 Å². The van der Waals surface area contributed by atoms with Gasteiger partial charge in [-0.2, -0.15) is 11.8 Å². The Bertz CT molecular complexity index is 543. The van der Waals surface area contributed by atoms with Crippen LogP contribution in [0.15, 0.2) is 23.2 Å². The van der Waals surface area contributed by atoms with Gasteiger partial charge in [0.05, 0.1) is 25.4 Å². The van der Waals surface area contributed by atoms with Crippen LogP contribution in [0.1, 0.15) is 33.6 Å². The smallest absolute Gasteiger partial charge is 0.193 e. The van der Waals surface area contributed by atoms with E-state index in [0.717, 1.165) is 23.7 Å². The molecule has 0 radical (unpaired) electrons. The Hall–Kier alpha value is -1.56. The molecule has 0 spiro atoms. The molecule has 0 aliphatic carbocycles. The fourth-order valence-corrected chi connectivity index (χ4v) is 3.76. The predicted molar refractivity (Wildman–Crippen MR) is 99.0 cm³/mol. The average molecular weight is 337 g/mol. The minimum Gasteiger partial charge on any atom is -0.494 e. The molecule has 1 fully saturated rings. The molecule has 1 aliphatic rings. The summed E-state index contributed by atoms with van der Waals surface area (Å²) in [6.07, 6.45) is 2.45. The third kappa shape index (κ3) is 5.23. The van der Waals surface area contributed by atoms with Gasteiger partial charge >= 0.3 is 0 Å². The molecule has 6 heteroatoms. The zero-order valence-corrected chi connectivity index (χ0v) is 15.0. The van der Waals surface area contributed by atoms with Crippen LogP contribution in [-0.2, 0) is 0 Å². The maximum atomic E-state index is 6.07. The summed E-state index contributed by atoms with van der Waals surface area (Å²) in [5.41, 5.74) is 6.85. The maximum Gasteiger partial charge on any atom is 0.193 e. The van der Waals surface area contributed by atoms with Crippen molar-refractivity contribution in [2.45, 2.75) is 38.4 Å². The van der Waals surface area contributed by atoms with Gasteiger partial charge in [-0.05, 0) is 51.5 Å². The van der Waals surface area contributed by atoms with Gasteiger partial charge in [-0.25, -0.2) is 0 Å². The zero-order chi connectivity index (χ0) is 16.7. The van der Waals surface area contributed by atoms with Gasteiger partial charge < -0.3 is 20.5 Å². The molecule has 0 saturated carbocycles. The Balaban J connectivity index is 2.08. The summed E-state index contributed by atoms with van der Waals surface area (Å²) in [7, 11) is 0. The number of nitrogens with one attached hydrogen (secondary N) is 1. The number of hydrogen-bond donors (Lipinski definition) is 2. The van der Waals surface area contributed by atoms with E-state index in [9.17, 15) is 0 Å². The number of thioether (sulfide) groups is 1. The number of aliphatic imine (C=N–C) groups is 1. The van der Waals surface area contributed by atoms with Crippen molar-refractivity contribution in [1.29, 1.82) is 0 Å². The lowest BCUT2D eigenvalue weighted by Crippen LogP contribution is -2.27. The predicted octanol–water partition coefficient (Wildman–Crippen LogP) is 3.50. The van der Waals surface area contributed by atoms with E-state index in [1.807, 2.05) is 43.8 Å². The summed E-state index contributed by atoms with van der Waals surface area (Å²) < 4.78 is 11.4. The average Bonchev–Trinajstić information content (AvgIpc) is 2.96. The number of benzene rings is 1. The lowest BCUT2D eigenvalue weighted by atomic mass is 10.1. The molecule has 128 valence electrons. The highest BCUT2D eigenvalue weighted by molar-refractivity contribution is 8.00. The van der Waals surface area contributed by atoms with Gasteiger partial charge in [-0.3, -0.25) is 4.99 Å². The van der Waals surface area contributed by atoms with E-state index in [-0.39, 0.29) is 4.75 Å². The zero-order valence-electron chi connectivity index (χ0n) is 14.2. The summed E-state index contributed by atoms with van der Waals surface area (Å²) >= 11 is 1.98. The molecular weight excluding hydrogens is 310 g/mol. The lowest BCUT2D eigenvalue weighted by Gasteiger charge is -2.20. The van der Waals surface area contributed by atoms with E-state index in [4.69, 9.17) is 15.2 Å². The summed E-state index contributed by atoms with van der Waals surface area (Å²) in [5.74, 6) is 3.15. The number of guanidine groups is 1. The van der Waals surface area contributed by atoms with Gasteiger partial charge in [0, 0.05) is 10.8 Å². The van der Waals surface area contributed by atoms with Crippen LogP contribution in [0.2, 0.25) is 0 Å². The first kappa shape index (κ1) is 17.8. The van der Waals surface area contributed by atoms with Crippen LogP contribution in [0, 0.1) is 0 Å². The Morgan fingerprint density at radius 3 is 2.78 bits per heavy atom. The first-order chi connectivity index (χ1) is 11.1. The van der Waals surface area contributed by atoms with E-state index in [0.29, 0.717) is 19.2 Å². The van der Waals surface area contributed by atoms with Crippen molar-refractivity contribution in [3.05, 3.63) is 18.2 Å². The number of hydrogen-bond acceptors (Lipinski definition) is 4. The van der Waals surface area contributed by atoms with Gasteiger partial charge in [0.1, 0.15) is 11.5 Å². The third-order valence-corrected chi connectivity index (χ3v) is 5.23. The SMILES string of the molecule is CCOc1ccc(OCC)c(NC(N)=NCC2(C)CCCS2)c1. The van der Waals surface area contributed by atoms with E-state index in [1.54, 1.807) is 0 Å². The van der Waals surface area contributed by atoms with Gasteiger partial charge in [-0.15, -0.1) is 0 Å². The molecular formula is C17H27N3O2S. The van der Waals surface area contributed by atoms with Crippen molar-refractivity contribution in [1.82, 2.24) is 0 Å². The fraction of sp³-hybridized carbons (Fsp3) is 0.588. The molecule has 1 saturated heterocycles. The van der Waals surface area contributed by atoms with E-state index >= 15 is 0 Å². The first-order valence-corrected chi connectivity index (χ1v) is 9.15. The summed E-state index contributed by atoms with van der Waals surface area (Å²) in [4.78, 5) is 4.52. The van der Waals surface area contributed by atoms with E-state index < -0.39 is 0 Å². The number of nitrogens with zero attached hydrogens (tertiary/aromatic N) is 1. The largest absolute Gasteiger partial charge is 0.494 e. The fourth-order valence-electron chi connectivity index (χ4n) is 2.54. The Kier molecular flexibility index (Phi) is 6.45. The molecule has 1 unspecified atom stereocenters. The van der Waals surface area contributed by atoms with Gasteiger partial charge in [0.15, 0.2) is 5.96 Å². The van der Waals surface area contributed by atoms with Gasteiger partial charge in [0.25, 0.3) is 0 Å². The molecule has 5 nitrogen and oxygen atoms in total. The van der Waals surface area contributed by atoms with E-state index in [2.05, 4.69) is 17.2 Å². The van der Waals surface area contributed by atoms with Gasteiger partial charge in [-0.1, -0.05) is 0 Å². The molecule has 0 aromatic heterocycles. The molecule has 23 heavy (non-hydrogen) atoms. The van der Waals surface area contributed by atoms with Crippen LogP contribution in [0.5, 0.6) is 11.5 Å². The Labute approximate surface area is 143 Å². The second kappa shape index (κ2) is 8.34. The van der Waals surface area contributed by atoms with Crippen LogP contribution in [0.4, 0.5) is 5.69 Å². The topological polar surface area (TPSA) is 68.9 Å². The number of nitrogens with two attached hydrogens (primary N) is 1. The van der Waals surface area contributed by atoms with Crippen LogP contribution in [-0.4, -0.2) is 36.2 Å². The highest BCUT2D eigenvalue weighted by Gasteiger charge is 2.29. The van der Waals surface area contributed by atoms with Crippen molar-refractivity contribution in [3.8, 4) is 11.5 Å². The number of ether oxygens (including phenoxy) is 2. The molecule has 1 aromatic rings. The second-order valence-electron chi connectivity index (χ2n) is 5.75. The van der Waals surface area contributed by atoms with Crippen LogP contribution < -0.4 is 20.5 Å². The number of rotatable bonds is 7. The lowest BCUT2D eigenvalue weighted by molar-refractivity contribution is 0.332. The monoisotopic (exact) mass is 337 g/mol. The van der Waals surface area contributed by atoms with E-state index in [1.165, 1.54) is 18.6 Å². The first-order valence-electron chi connectivity index (χ1n) is 8.17. The number of anilines is 1. The van der Waals surface area contributed by atoms with Crippen LogP contribution in [0.25, 0.3) is 0 Å². The molecule has 0 amide bonds.